The first kappa shape index (κ1) is 30.7. The molecule has 0 aromatic heterocycles. The Bertz CT molecular complexity index is 1200. The van der Waals surface area contributed by atoms with Gasteiger partial charge in [0.15, 0.2) is 11.5 Å². The van der Waals surface area contributed by atoms with Crippen molar-refractivity contribution in [1.82, 2.24) is 9.80 Å². The van der Waals surface area contributed by atoms with E-state index in [2.05, 4.69) is 33.0 Å². The highest BCUT2D eigenvalue weighted by molar-refractivity contribution is 5.79. The second-order valence-electron chi connectivity index (χ2n) is 12.2. The Morgan fingerprint density at radius 2 is 1.80 bits per heavy atom. The fourth-order valence-corrected chi connectivity index (χ4v) is 6.04. The molecule has 1 N–H and O–H groups in total. The number of benzene rings is 2. The van der Waals surface area contributed by atoms with Gasteiger partial charge in [-0.05, 0) is 42.2 Å². The average Bonchev–Trinajstić information content (AvgIpc) is 3.54. The normalized spacial score (nSPS) is 20.3. The largest absolute Gasteiger partial charge is 0.496 e. The standard InChI is InChI=1S/C32H45N3O6/c1-6-7-15-33(16-10-17-35(2,3)4)30(36)21-34-20-25(23-13-14-28-29(19-23)41-22-40-28)31(32(37)38)26(34)18-24-11-8-9-12-27(24)39-5/h8-9,11-14,19,25-26,31H,6-7,10,15-18,20-22H2,1-5H3/p+1/t25-,26+,31?/m1/s1. The van der Waals surface area contributed by atoms with Crippen LogP contribution >= 0.6 is 0 Å². The number of para-hydroxylation sites is 1. The van der Waals surface area contributed by atoms with Crippen molar-refractivity contribution in [3.8, 4) is 17.2 Å². The lowest BCUT2D eigenvalue weighted by molar-refractivity contribution is -0.870. The molecule has 1 amide bonds. The number of carboxylic acid groups (broad SMARTS) is 1. The minimum atomic E-state index is -0.867. The fourth-order valence-electron chi connectivity index (χ4n) is 6.04. The minimum Gasteiger partial charge on any atom is -0.496 e. The van der Waals surface area contributed by atoms with Gasteiger partial charge >= 0.3 is 5.97 Å². The van der Waals surface area contributed by atoms with Crippen molar-refractivity contribution in [3.63, 3.8) is 0 Å². The van der Waals surface area contributed by atoms with E-state index < -0.39 is 11.9 Å². The number of ether oxygens (including phenoxy) is 3. The highest BCUT2D eigenvalue weighted by Crippen LogP contribution is 2.43. The number of carbonyl (C=O) groups excluding carboxylic acids is 1. The van der Waals surface area contributed by atoms with Gasteiger partial charge in [0.2, 0.25) is 12.7 Å². The molecule has 0 radical (unpaired) electrons. The van der Waals surface area contributed by atoms with Crippen LogP contribution in [0.2, 0.25) is 0 Å². The third-order valence-electron chi connectivity index (χ3n) is 8.21. The molecule has 1 fully saturated rings. The Labute approximate surface area is 244 Å². The number of hydrogen-bond acceptors (Lipinski definition) is 6. The van der Waals surface area contributed by atoms with E-state index in [0.717, 1.165) is 47.2 Å². The second kappa shape index (κ2) is 13.6. The van der Waals surface area contributed by atoms with E-state index in [1.54, 1.807) is 7.11 Å². The lowest BCUT2D eigenvalue weighted by Crippen LogP contribution is -2.46. The van der Waals surface area contributed by atoms with Crippen molar-refractivity contribution >= 4 is 11.9 Å². The molecule has 2 aromatic carbocycles. The molecule has 3 atom stereocenters. The van der Waals surface area contributed by atoms with Crippen LogP contribution in [-0.4, -0.2) is 105 Å². The van der Waals surface area contributed by atoms with Crippen LogP contribution in [0.4, 0.5) is 0 Å². The molecule has 4 rings (SSSR count). The van der Waals surface area contributed by atoms with Crippen molar-refractivity contribution < 1.29 is 33.4 Å². The van der Waals surface area contributed by atoms with Gasteiger partial charge in [-0.15, -0.1) is 0 Å². The topological polar surface area (TPSA) is 88.5 Å². The van der Waals surface area contributed by atoms with Crippen molar-refractivity contribution in [1.29, 1.82) is 0 Å². The predicted molar refractivity (Wildman–Crippen MR) is 157 cm³/mol. The number of unbranched alkanes of at least 4 members (excludes halogenated alkanes) is 1. The van der Waals surface area contributed by atoms with Gasteiger partial charge in [0.05, 0.1) is 47.3 Å². The molecule has 9 nitrogen and oxygen atoms in total. The van der Waals surface area contributed by atoms with Crippen LogP contribution in [0, 0.1) is 5.92 Å². The molecule has 0 spiro atoms. The maximum atomic E-state index is 13.8. The van der Waals surface area contributed by atoms with Gasteiger partial charge in [-0.1, -0.05) is 37.6 Å². The molecule has 0 saturated carbocycles. The number of likely N-dealkylation sites (tertiary alicyclic amines) is 1. The first-order valence-corrected chi connectivity index (χ1v) is 14.7. The molecule has 2 heterocycles. The maximum absolute atomic E-state index is 13.8. The summed E-state index contributed by atoms with van der Waals surface area (Å²) >= 11 is 0. The van der Waals surface area contributed by atoms with E-state index in [-0.39, 0.29) is 31.2 Å². The van der Waals surface area contributed by atoms with Crippen molar-refractivity contribution in [2.24, 2.45) is 5.92 Å². The zero-order valence-electron chi connectivity index (χ0n) is 25.2. The van der Waals surface area contributed by atoms with Crippen molar-refractivity contribution in [3.05, 3.63) is 53.6 Å². The lowest BCUT2D eigenvalue weighted by atomic mass is 9.83. The predicted octanol–water partition coefficient (Wildman–Crippen LogP) is 3.86. The summed E-state index contributed by atoms with van der Waals surface area (Å²) in [5.41, 5.74) is 1.81. The van der Waals surface area contributed by atoms with Crippen LogP contribution in [0.5, 0.6) is 17.2 Å². The quantitative estimate of drug-likeness (QED) is 0.346. The summed E-state index contributed by atoms with van der Waals surface area (Å²) in [4.78, 5) is 30.8. The molecule has 9 heteroatoms. The second-order valence-corrected chi connectivity index (χ2v) is 12.2. The SMILES string of the molecule is CCCCN(CCC[N+](C)(C)C)C(=O)CN1C[C@H](c2ccc3c(c2)OCO3)C(C(=O)O)[C@@H]1Cc1ccccc1OC. The number of amides is 1. The highest BCUT2D eigenvalue weighted by Gasteiger charge is 2.47. The monoisotopic (exact) mass is 568 g/mol. The molecule has 1 saturated heterocycles. The van der Waals surface area contributed by atoms with Crippen LogP contribution in [0.3, 0.4) is 0 Å². The molecule has 0 bridgehead atoms. The summed E-state index contributed by atoms with van der Waals surface area (Å²) in [6, 6.07) is 13.0. The first-order valence-electron chi connectivity index (χ1n) is 14.7. The maximum Gasteiger partial charge on any atom is 0.308 e. The van der Waals surface area contributed by atoms with E-state index in [9.17, 15) is 14.7 Å². The minimum absolute atomic E-state index is 0.0559. The van der Waals surface area contributed by atoms with E-state index in [4.69, 9.17) is 14.2 Å². The van der Waals surface area contributed by atoms with Crippen LogP contribution in [-0.2, 0) is 16.0 Å². The number of nitrogens with zero attached hydrogens (tertiary/aromatic N) is 3. The van der Waals surface area contributed by atoms with Crippen LogP contribution in [0.25, 0.3) is 0 Å². The number of rotatable bonds is 14. The Balaban J connectivity index is 1.62. The fraction of sp³-hybridized carbons (Fsp3) is 0.562. The molecule has 0 aliphatic carbocycles. The number of carboxylic acids is 1. The zero-order valence-corrected chi connectivity index (χ0v) is 25.2. The third kappa shape index (κ3) is 7.71. The smallest absolute Gasteiger partial charge is 0.308 e. The summed E-state index contributed by atoms with van der Waals surface area (Å²) in [7, 11) is 8.11. The number of carbonyl (C=O) groups is 2. The Morgan fingerprint density at radius 1 is 1.07 bits per heavy atom. The molecule has 41 heavy (non-hydrogen) atoms. The number of fused-ring (bicyclic) bond motifs is 1. The van der Waals surface area contributed by atoms with Gasteiger partial charge in [0.25, 0.3) is 0 Å². The van der Waals surface area contributed by atoms with Gasteiger partial charge in [-0.3, -0.25) is 14.5 Å². The van der Waals surface area contributed by atoms with Crippen LogP contribution < -0.4 is 14.2 Å². The van der Waals surface area contributed by atoms with Crippen molar-refractivity contribution in [2.75, 3.05) is 67.8 Å². The third-order valence-corrected chi connectivity index (χ3v) is 8.21. The highest BCUT2D eigenvalue weighted by atomic mass is 16.7. The first-order chi connectivity index (χ1) is 19.6. The molecule has 2 aliphatic rings. The van der Waals surface area contributed by atoms with Crippen molar-refractivity contribution in [2.45, 2.75) is 44.6 Å². The van der Waals surface area contributed by atoms with Crippen LogP contribution in [0.1, 0.15) is 43.2 Å². The van der Waals surface area contributed by atoms with E-state index in [1.807, 2.05) is 47.4 Å². The molecular weight excluding hydrogens is 522 g/mol. The average molecular weight is 569 g/mol. The van der Waals surface area contributed by atoms with E-state index >= 15 is 0 Å². The lowest BCUT2D eigenvalue weighted by Gasteiger charge is -2.31. The Kier molecular flexibility index (Phi) is 10.1. The summed E-state index contributed by atoms with van der Waals surface area (Å²) < 4.78 is 17.6. The number of quaternary nitrogens is 1. The van der Waals surface area contributed by atoms with E-state index in [0.29, 0.717) is 37.6 Å². The summed E-state index contributed by atoms with van der Waals surface area (Å²) in [5, 5.41) is 10.6. The Hall–Kier alpha value is -3.30. The number of aliphatic carboxylic acids is 1. The van der Waals surface area contributed by atoms with Gasteiger partial charge in [0.1, 0.15) is 5.75 Å². The van der Waals surface area contributed by atoms with Gasteiger partial charge in [0, 0.05) is 38.0 Å². The molecule has 2 aliphatic heterocycles. The Morgan fingerprint density at radius 3 is 2.51 bits per heavy atom. The molecule has 1 unspecified atom stereocenters. The zero-order chi connectivity index (χ0) is 29.6. The molecule has 2 aromatic rings. The summed E-state index contributed by atoms with van der Waals surface area (Å²) in [6.45, 7) is 5.32. The summed E-state index contributed by atoms with van der Waals surface area (Å²) in [5.74, 6) is 0.183. The molecular formula is C32H46N3O6+. The van der Waals surface area contributed by atoms with Crippen LogP contribution in [0.15, 0.2) is 42.5 Å². The summed E-state index contributed by atoms with van der Waals surface area (Å²) in [6.07, 6.45) is 3.33. The van der Waals surface area contributed by atoms with E-state index in [1.165, 1.54) is 0 Å². The van der Waals surface area contributed by atoms with Gasteiger partial charge < -0.3 is 28.7 Å². The molecule has 224 valence electrons. The van der Waals surface area contributed by atoms with Gasteiger partial charge in [-0.2, -0.15) is 0 Å². The number of hydrogen-bond donors (Lipinski definition) is 1. The number of methoxy groups -OCH3 is 1. The van der Waals surface area contributed by atoms with Gasteiger partial charge in [-0.25, -0.2) is 0 Å².